The fourth-order valence-corrected chi connectivity index (χ4v) is 4.16. The van der Waals surface area contributed by atoms with Gasteiger partial charge in [0.15, 0.2) is 5.65 Å². The first-order valence-corrected chi connectivity index (χ1v) is 9.14. The molecule has 0 amide bonds. The van der Waals surface area contributed by atoms with Gasteiger partial charge in [-0.3, -0.25) is 0 Å². The number of H-pyrrole nitrogens is 1. The summed E-state index contributed by atoms with van der Waals surface area (Å²) in [5.74, 6) is 0. The molecule has 0 atom stereocenters. The quantitative estimate of drug-likeness (QED) is 0.509. The van der Waals surface area contributed by atoms with Crippen LogP contribution in [0.15, 0.2) is 36.9 Å². The minimum Gasteiger partial charge on any atom is -0.343 e. The predicted molar refractivity (Wildman–Crippen MR) is 99.7 cm³/mol. The second-order valence-corrected chi connectivity index (χ2v) is 7.13. The van der Waals surface area contributed by atoms with E-state index in [0.29, 0.717) is 16.8 Å². The molecule has 5 rings (SSSR count). The Hall–Kier alpha value is -2.40. The van der Waals surface area contributed by atoms with Crippen molar-refractivity contribution in [3.05, 3.63) is 42.1 Å². The van der Waals surface area contributed by atoms with Crippen LogP contribution in [0.3, 0.4) is 0 Å². The Morgan fingerprint density at radius 2 is 1.96 bits per heavy atom. The molecule has 1 N–H and O–H groups in total. The zero-order valence-corrected chi connectivity index (χ0v) is 14.5. The van der Waals surface area contributed by atoms with E-state index in [1.807, 2.05) is 12.4 Å². The topological polar surface area (TPSA) is 59.4 Å². The van der Waals surface area contributed by atoms with Gasteiger partial charge in [-0.25, -0.2) is 15.0 Å². The van der Waals surface area contributed by atoms with E-state index in [1.54, 1.807) is 6.33 Å². The number of benzene rings is 1. The van der Waals surface area contributed by atoms with Gasteiger partial charge >= 0.3 is 0 Å². The fourth-order valence-electron chi connectivity index (χ4n) is 3.97. The molecule has 0 radical (unpaired) electrons. The summed E-state index contributed by atoms with van der Waals surface area (Å²) in [6, 6.07) is 8.89. The van der Waals surface area contributed by atoms with E-state index in [0.717, 1.165) is 22.2 Å². The molecule has 4 aromatic rings. The number of hydrogen-bond acceptors (Lipinski definition) is 3. The van der Waals surface area contributed by atoms with Gasteiger partial charge in [0.2, 0.25) is 0 Å². The Balaban J connectivity index is 1.62. The van der Waals surface area contributed by atoms with Gasteiger partial charge in [0.05, 0.1) is 29.2 Å². The van der Waals surface area contributed by atoms with Crippen molar-refractivity contribution >= 4 is 33.8 Å². The maximum absolute atomic E-state index is 6.17. The van der Waals surface area contributed by atoms with Crippen LogP contribution in [0.4, 0.5) is 0 Å². The van der Waals surface area contributed by atoms with Crippen molar-refractivity contribution in [2.24, 2.45) is 0 Å². The molecular formula is C19H18ClN5. The lowest BCUT2D eigenvalue weighted by molar-refractivity contribution is 0.359. The number of pyridine rings is 1. The van der Waals surface area contributed by atoms with Crippen LogP contribution in [-0.2, 0) is 0 Å². The van der Waals surface area contributed by atoms with Gasteiger partial charge in [0.1, 0.15) is 5.15 Å². The molecule has 3 heterocycles. The summed E-state index contributed by atoms with van der Waals surface area (Å²) < 4.78 is 2.35. The lowest BCUT2D eigenvalue weighted by Gasteiger charge is -2.23. The van der Waals surface area contributed by atoms with Crippen molar-refractivity contribution in [3.63, 3.8) is 0 Å². The van der Waals surface area contributed by atoms with Gasteiger partial charge in [0, 0.05) is 11.6 Å². The maximum atomic E-state index is 6.17. The molecule has 1 fully saturated rings. The van der Waals surface area contributed by atoms with Crippen LogP contribution >= 0.6 is 11.6 Å². The molecule has 0 aliphatic heterocycles. The molecule has 3 aromatic heterocycles. The predicted octanol–water partition coefficient (Wildman–Crippen LogP) is 5.13. The minimum atomic E-state index is 0.447. The summed E-state index contributed by atoms with van der Waals surface area (Å²) in [5.41, 5.74) is 5.83. The Bertz CT molecular complexity index is 1060. The van der Waals surface area contributed by atoms with Crippen molar-refractivity contribution in [2.45, 2.75) is 38.1 Å². The molecule has 6 heteroatoms. The maximum Gasteiger partial charge on any atom is 0.179 e. The zero-order chi connectivity index (χ0) is 16.8. The Labute approximate surface area is 150 Å². The van der Waals surface area contributed by atoms with Crippen LogP contribution in [0, 0.1) is 0 Å². The van der Waals surface area contributed by atoms with Crippen LogP contribution in [0.5, 0.6) is 0 Å². The highest BCUT2D eigenvalue weighted by molar-refractivity contribution is 6.30. The van der Waals surface area contributed by atoms with Crippen LogP contribution in [0.25, 0.3) is 33.3 Å². The largest absolute Gasteiger partial charge is 0.343 e. The van der Waals surface area contributed by atoms with Crippen LogP contribution < -0.4 is 0 Å². The van der Waals surface area contributed by atoms with Crippen molar-refractivity contribution in [1.29, 1.82) is 0 Å². The van der Waals surface area contributed by atoms with Crippen molar-refractivity contribution in [3.8, 4) is 11.1 Å². The van der Waals surface area contributed by atoms with Crippen molar-refractivity contribution in [1.82, 2.24) is 24.5 Å². The standard InChI is InChI=1S/C19H18ClN5/c20-17-9-14(18-19(24-17)22-10-21-18)12-6-7-16-15(8-12)23-11-25(16)13-4-2-1-3-5-13/h6-11,13H,1-5H2,(H,21,22,24). The summed E-state index contributed by atoms with van der Waals surface area (Å²) in [7, 11) is 0. The van der Waals surface area contributed by atoms with Crippen LogP contribution in [-0.4, -0.2) is 24.5 Å². The summed E-state index contributed by atoms with van der Waals surface area (Å²) in [4.78, 5) is 16.3. The van der Waals surface area contributed by atoms with E-state index in [9.17, 15) is 0 Å². The first-order chi connectivity index (χ1) is 12.3. The van der Waals surface area contributed by atoms with Gasteiger partial charge in [0.25, 0.3) is 0 Å². The number of rotatable bonds is 2. The number of aromatic amines is 1. The van der Waals surface area contributed by atoms with Gasteiger partial charge < -0.3 is 9.55 Å². The summed E-state index contributed by atoms with van der Waals surface area (Å²) in [6.45, 7) is 0. The van der Waals surface area contributed by atoms with E-state index in [2.05, 4.69) is 42.7 Å². The number of aromatic nitrogens is 5. The molecule has 1 aliphatic carbocycles. The highest BCUT2D eigenvalue weighted by Gasteiger charge is 2.18. The third-order valence-corrected chi connectivity index (χ3v) is 5.41. The number of nitrogens with one attached hydrogen (secondary N) is 1. The summed E-state index contributed by atoms with van der Waals surface area (Å²) in [5, 5.41) is 0.447. The molecule has 25 heavy (non-hydrogen) atoms. The minimum absolute atomic E-state index is 0.447. The Morgan fingerprint density at radius 1 is 1.08 bits per heavy atom. The van der Waals surface area contributed by atoms with Crippen LogP contribution in [0.1, 0.15) is 38.1 Å². The van der Waals surface area contributed by atoms with Crippen LogP contribution in [0.2, 0.25) is 5.15 Å². The average molecular weight is 352 g/mol. The highest BCUT2D eigenvalue weighted by Crippen LogP contribution is 2.33. The first kappa shape index (κ1) is 14.9. The number of nitrogens with zero attached hydrogens (tertiary/aromatic N) is 4. The van der Waals surface area contributed by atoms with Crippen molar-refractivity contribution in [2.75, 3.05) is 0 Å². The second-order valence-electron chi connectivity index (χ2n) is 6.74. The molecular weight excluding hydrogens is 334 g/mol. The number of halogens is 1. The van der Waals surface area contributed by atoms with Gasteiger partial charge in [-0.1, -0.05) is 36.9 Å². The smallest absolute Gasteiger partial charge is 0.179 e. The number of imidazole rings is 2. The van der Waals surface area contributed by atoms with Gasteiger partial charge in [-0.05, 0) is 36.6 Å². The molecule has 0 unspecified atom stereocenters. The van der Waals surface area contributed by atoms with E-state index in [-0.39, 0.29) is 0 Å². The molecule has 0 spiro atoms. The molecule has 5 nitrogen and oxygen atoms in total. The molecule has 1 saturated carbocycles. The number of hydrogen-bond donors (Lipinski definition) is 1. The average Bonchev–Trinajstić information content (AvgIpc) is 3.27. The van der Waals surface area contributed by atoms with E-state index in [4.69, 9.17) is 11.6 Å². The molecule has 0 bridgehead atoms. The van der Waals surface area contributed by atoms with E-state index >= 15 is 0 Å². The van der Waals surface area contributed by atoms with E-state index < -0.39 is 0 Å². The SMILES string of the molecule is Clc1cc(-c2ccc3c(c2)ncn3C2CCCCC2)c2[nH]cnc2n1. The Morgan fingerprint density at radius 3 is 2.84 bits per heavy atom. The molecule has 1 aliphatic rings. The molecule has 0 saturated heterocycles. The fraction of sp³-hybridized carbons (Fsp3) is 0.316. The first-order valence-electron chi connectivity index (χ1n) is 8.76. The van der Waals surface area contributed by atoms with E-state index in [1.165, 1.54) is 37.6 Å². The van der Waals surface area contributed by atoms with Gasteiger partial charge in [-0.2, -0.15) is 0 Å². The highest BCUT2D eigenvalue weighted by atomic mass is 35.5. The van der Waals surface area contributed by atoms with Gasteiger partial charge in [-0.15, -0.1) is 0 Å². The molecule has 126 valence electrons. The lowest BCUT2D eigenvalue weighted by Crippen LogP contribution is -2.11. The monoisotopic (exact) mass is 351 g/mol. The van der Waals surface area contributed by atoms with Crippen molar-refractivity contribution < 1.29 is 0 Å². The number of fused-ring (bicyclic) bond motifs is 2. The third-order valence-electron chi connectivity index (χ3n) is 5.22. The second kappa shape index (κ2) is 5.85. The summed E-state index contributed by atoms with van der Waals surface area (Å²) in [6.07, 6.45) is 10.1. The Kier molecular flexibility index (Phi) is 3.48. The summed E-state index contributed by atoms with van der Waals surface area (Å²) >= 11 is 6.17. The normalized spacial score (nSPS) is 16.0. The zero-order valence-electron chi connectivity index (χ0n) is 13.7. The third kappa shape index (κ3) is 2.50. The molecule has 1 aromatic carbocycles. The lowest BCUT2D eigenvalue weighted by atomic mass is 9.95.